The van der Waals surface area contributed by atoms with Crippen LogP contribution >= 0.6 is 23.2 Å². The van der Waals surface area contributed by atoms with E-state index in [9.17, 15) is 0 Å². The summed E-state index contributed by atoms with van der Waals surface area (Å²) in [7, 11) is 3.90. The molecule has 0 amide bonds. The molecule has 0 radical (unpaired) electrons. The van der Waals surface area contributed by atoms with Crippen LogP contribution < -0.4 is 4.74 Å². The van der Waals surface area contributed by atoms with Crippen LogP contribution in [0.3, 0.4) is 0 Å². The lowest BCUT2D eigenvalue weighted by Gasteiger charge is -2.26. The third kappa shape index (κ3) is 2.74. The van der Waals surface area contributed by atoms with Gasteiger partial charge in [0.05, 0.1) is 11.4 Å². The van der Waals surface area contributed by atoms with Crippen molar-refractivity contribution in [3.8, 4) is 5.75 Å². The fourth-order valence-electron chi connectivity index (χ4n) is 1.67. The lowest BCUT2D eigenvalue weighted by molar-refractivity contribution is 0.117. The molecule has 1 heterocycles. The number of allylic oxidation sites excluding steroid dienone is 1. The summed E-state index contributed by atoms with van der Waals surface area (Å²) in [5.74, 6) is 0.655. The highest BCUT2D eigenvalue weighted by Gasteiger charge is 2.19. The van der Waals surface area contributed by atoms with Crippen molar-refractivity contribution in [2.75, 3.05) is 20.7 Å². The molecule has 0 unspecified atom stereocenters. The first-order valence-electron chi connectivity index (χ1n) is 5.43. The Labute approximate surface area is 117 Å². The number of hydrogen-bond acceptors (Lipinski definition) is 3. The molecule has 2 rings (SSSR count). The maximum Gasteiger partial charge on any atom is 0.130 e. The van der Waals surface area contributed by atoms with Crippen molar-refractivity contribution < 1.29 is 4.74 Å². The lowest BCUT2D eigenvalue weighted by atomic mass is 10.3. The topological polar surface area (TPSA) is 15.7 Å². The second-order valence-corrected chi connectivity index (χ2v) is 4.94. The summed E-state index contributed by atoms with van der Waals surface area (Å²) in [4.78, 5) is 0. The van der Waals surface area contributed by atoms with Gasteiger partial charge in [-0.2, -0.15) is 0 Å². The molecule has 1 aromatic rings. The van der Waals surface area contributed by atoms with Gasteiger partial charge in [0.2, 0.25) is 0 Å². The van der Waals surface area contributed by atoms with Crippen LogP contribution in [0.25, 0.3) is 0 Å². The van der Waals surface area contributed by atoms with Gasteiger partial charge < -0.3 is 4.74 Å². The molecule has 1 aliphatic rings. The monoisotopic (exact) mass is 284 g/mol. The molecule has 0 bridgehead atoms. The molecule has 3 nitrogen and oxygen atoms in total. The first-order valence-corrected chi connectivity index (χ1v) is 6.18. The van der Waals surface area contributed by atoms with E-state index >= 15 is 0 Å². The van der Waals surface area contributed by atoms with Crippen LogP contribution in [0, 0.1) is 0 Å². The van der Waals surface area contributed by atoms with Gasteiger partial charge in [-0.25, -0.2) is 0 Å². The molecule has 0 saturated heterocycles. The highest BCUT2D eigenvalue weighted by molar-refractivity contribution is 6.34. The minimum absolute atomic E-state index is 0.441. The Hall–Kier alpha value is -1.32. The van der Waals surface area contributed by atoms with Gasteiger partial charge in [0.1, 0.15) is 12.4 Å². The zero-order valence-corrected chi connectivity index (χ0v) is 11.8. The summed E-state index contributed by atoms with van der Waals surface area (Å²) in [6, 6.07) is 5.15. The molecule has 0 atom stereocenters. The van der Waals surface area contributed by atoms with E-state index in [4.69, 9.17) is 27.9 Å². The standard InChI is InChI=1S/C13H14Cl2N2O/c1-9-4-12(17(3)16(9)2)8-18-13-6-10(14)5-11(15)7-13/h4-7H,1,8H2,2-3H3. The largest absolute Gasteiger partial charge is 0.487 e. The van der Waals surface area contributed by atoms with Crippen molar-refractivity contribution in [1.82, 2.24) is 10.0 Å². The summed E-state index contributed by atoms with van der Waals surface area (Å²) < 4.78 is 5.67. The Balaban J connectivity index is 2.04. The Morgan fingerprint density at radius 2 is 1.72 bits per heavy atom. The van der Waals surface area contributed by atoms with Crippen LogP contribution in [0.2, 0.25) is 10.0 Å². The van der Waals surface area contributed by atoms with Gasteiger partial charge in [-0.3, -0.25) is 10.0 Å². The molecule has 0 saturated carbocycles. The maximum absolute atomic E-state index is 5.91. The number of halogens is 2. The average molecular weight is 285 g/mol. The van der Waals surface area contributed by atoms with E-state index in [2.05, 4.69) is 6.58 Å². The summed E-state index contributed by atoms with van der Waals surface area (Å²) in [6.07, 6.45) is 1.98. The predicted molar refractivity (Wildman–Crippen MR) is 74.7 cm³/mol. The molecule has 1 aromatic carbocycles. The minimum Gasteiger partial charge on any atom is -0.487 e. The number of hydrazine groups is 1. The van der Waals surface area contributed by atoms with Crippen molar-refractivity contribution in [3.63, 3.8) is 0 Å². The van der Waals surface area contributed by atoms with Gasteiger partial charge in [0, 0.05) is 24.1 Å². The molecule has 0 fully saturated rings. The van der Waals surface area contributed by atoms with Crippen molar-refractivity contribution in [2.24, 2.45) is 0 Å². The smallest absolute Gasteiger partial charge is 0.130 e. The minimum atomic E-state index is 0.441. The summed E-state index contributed by atoms with van der Waals surface area (Å²) >= 11 is 11.8. The van der Waals surface area contributed by atoms with Crippen LogP contribution in [0.15, 0.2) is 42.2 Å². The summed E-state index contributed by atoms with van der Waals surface area (Å²) in [6.45, 7) is 4.37. The van der Waals surface area contributed by atoms with Crippen molar-refractivity contribution in [3.05, 3.63) is 52.3 Å². The lowest BCUT2D eigenvalue weighted by Crippen LogP contribution is -2.30. The van der Waals surface area contributed by atoms with E-state index in [1.807, 2.05) is 30.2 Å². The molecule has 0 aliphatic carbocycles. The van der Waals surface area contributed by atoms with Crippen LogP contribution in [-0.4, -0.2) is 30.7 Å². The number of hydrogen-bond donors (Lipinski definition) is 0. The fourth-order valence-corrected chi connectivity index (χ4v) is 2.17. The average Bonchev–Trinajstić information content (AvgIpc) is 2.53. The number of benzene rings is 1. The van der Waals surface area contributed by atoms with Crippen molar-refractivity contribution >= 4 is 23.2 Å². The van der Waals surface area contributed by atoms with Gasteiger partial charge in [-0.15, -0.1) is 0 Å². The summed E-state index contributed by atoms with van der Waals surface area (Å²) in [5.41, 5.74) is 1.96. The van der Waals surface area contributed by atoms with Crippen LogP contribution in [0.5, 0.6) is 5.75 Å². The SMILES string of the molecule is C=C1C=C(COc2cc(Cl)cc(Cl)c2)N(C)N1C. The van der Waals surface area contributed by atoms with E-state index in [1.165, 1.54) is 0 Å². The Morgan fingerprint density at radius 3 is 2.22 bits per heavy atom. The maximum atomic E-state index is 5.91. The second kappa shape index (κ2) is 5.12. The Kier molecular flexibility index (Phi) is 3.73. The third-order valence-electron chi connectivity index (χ3n) is 2.84. The molecule has 0 aromatic heterocycles. The number of ether oxygens (including phenoxy) is 1. The van der Waals surface area contributed by atoms with Crippen molar-refractivity contribution in [2.45, 2.75) is 0 Å². The molecular weight excluding hydrogens is 271 g/mol. The number of likely N-dealkylation sites (N-methyl/N-ethyl adjacent to an activating group) is 2. The molecule has 1 aliphatic heterocycles. The van der Waals surface area contributed by atoms with Gasteiger partial charge in [0.25, 0.3) is 0 Å². The number of rotatable bonds is 3. The molecule has 5 heteroatoms. The van der Waals surface area contributed by atoms with Crippen LogP contribution in [0.1, 0.15) is 0 Å². The molecule has 96 valence electrons. The quantitative estimate of drug-likeness (QED) is 0.844. The van der Waals surface area contributed by atoms with E-state index < -0.39 is 0 Å². The predicted octanol–water partition coefficient (Wildman–Crippen LogP) is 3.56. The van der Waals surface area contributed by atoms with Gasteiger partial charge in [-0.05, 0) is 24.3 Å². The molecule has 0 N–H and O–H groups in total. The number of nitrogens with zero attached hydrogens (tertiary/aromatic N) is 2. The van der Waals surface area contributed by atoms with Crippen LogP contribution in [0.4, 0.5) is 0 Å². The highest BCUT2D eigenvalue weighted by atomic mass is 35.5. The second-order valence-electron chi connectivity index (χ2n) is 4.07. The first-order chi connectivity index (χ1) is 8.47. The third-order valence-corrected chi connectivity index (χ3v) is 3.27. The summed E-state index contributed by atoms with van der Waals surface area (Å²) in [5, 5.41) is 5.05. The fraction of sp³-hybridized carbons (Fsp3) is 0.231. The molecular formula is C13H14Cl2N2O. The van der Waals surface area contributed by atoms with E-state index in [1.54, 1.807) is 18.2 Å². The highest BCUT2D eigenvalue weighted by Crippen LogP contribution is 2.26. The molecule has 18 heavy (non-hydrogen) atoms. The first kappa shape index (κ1) is 13.1. The van der Waals surface area contributed by atoms with E-state index in [-0.39, 0.29) is 0 Å². The van der Waals surface area contributed by atoms with Gasteiger partial charge in [-0.1, -0.05) is 29.8 Å². The van der Waals surface area contributed by atoms with Gasteiger partial charge >= 0.3 is 0 Å². The van der Waals surface area contributed by atoms with E-state index in [0.29, 0.717) is 22.4 Å². The van der Waals surface area contributed by atoms with Crippen molar-refractivity contribution in [1.29, 1.82) is 0 Å². The zero-order valence-electron chi connectivity index (χ0n) is 10.3. The van der Waals surface area contributed by atoms with Gasteiger partial charge in [0.15, 0.2) is 0 Å². The Morgan fingerprint density at radius 1 is 1.11 bits per heavy atom. The Bertz CT molecular complexity index is 493. The zero-order chi connectivity index (χ0) is 13.3. The molecule has 0 spiro atoms. The van der Waals surface area contributed by atoms with Crippen LogP contribution in [-0.2, 0) is 0 Å². The normalized spacial score (nSPS) is 15.1. The van der Waals surface area contributed by atoms with E-state index in [0.717, 1.165) is 11.4 Å².